The van der Waals surface area contributed by atoms with Crippen LogP contribution in [-0.4, -0.2) is 15.9 Å². The highest BCUT2D eigenvalue weighted by molar-refractivity contribution is 7.15. The fourth-order valence-electron chi connectivity index (χ4n) is 2.08. The summed E-state index contributed by atoms with van der Waals surface area (Å²) in [7, 11) is 0. The number of hydrogen-bond donors (Lipinski definition) is 2. The Morgan fingerprint density at radius 2 is 1.96 bits per heavy atom. The number of halogens is 1. The SMILES string of the molecule is O=C(NCc1cccnc1)c1ccc(NCc2cnc(Cl)s2)cc1. The lowest BCUT2D eigenvalue weighted by molar-refractivity contribution is 0.0951. The fourth-order valence-corrected chi connectivity index (χ4v) is 3.00. The molecule has 7 heteroatoms. The van der Waals surface area contributed by atoms with Gasteiger partial charge in [-0.15, -0.1) is 11.3 Å². The van der Waals surface area contributed by atoms with Crippen molar-refractivity contribution in [1.29, 1.82) is 0 Å². The van der Waals surface area contributed by atoms with E-state index in [1.165, 1.54) is 11.3 Å². The van der Waals surface area contributed by atoms with Crippen molar-refractivity contribution in [1.82, 2.24) is 15.3 Å². The molecule has 3 aromatic rings. The van der Waals surface area contributed by atoms with Gasteiger partial charge in [-0.3, -0.25) is 9.78 Å². The minimum atomic E-state index is -0.111. The molecule has 1 amide bonds. The second-order valence-electron chi connectivity index (χ2n) is 5.05. The lowest BCUT2D eigenvalue weighted by Gasteiger charge is -2.07. The molecule has 0 aliphatic carbocycles. The molecular formula is C17H15ClN4OS. The van der Waals surface area contributed by atoms with E-state index in [1.54, 1.807) is 30.7 Å². The summed E-state index contributed by atoms with van der Waals surface area (Å²) in [5.41, 5.74) is 2.51. The fraction of sp³-hybridized carbons (Fsp3) is 0.118. The zero-order valence-corrected chi connectivity index (χ0v) is 14.3. The molecular weight excluding hydrogens is 344 g/mol. The molecule has 2 aromatic heterocycles. The number of rotatable bonds is 6. The molecule has 2 heterocycles. The predicted molar refractivity (Wildman–Crippen MR) is 96.3 cm³/mol. The van der Waals surface area contributed by atoms with E-state index in [9.17, 15) is 4.79 Å². The lowest BCUT2D eigenvalue weighted by atomic mass is 10.2. The first-order valence-corrected chi connectivity index (χ1v) is 8.51. The molecule has 0 radical (unpaired) electrons. The Hall–Kier alpha value is -2.44. The van der Waals surface area contributed by atoms with Crippen LogP contribution >= 0.6 is 22.9 Å². The van der Waals surface area contributed by atoms with Gasteiger partial charge in [0.2, 0.25) is 0 Å². The molecule has 0 saturated heterocycles. The summed E-state index contributed by atoms with van der Waals surface area (Å²) in [6.07, 6.45) is 5.19. The molecule has 0 aliphatic heterocycles. The van der Waals surface area contributed by atoms with Gasteiger partial charge in [0.25, 0.3) is 5.91 Å². The van der Waals surface area contributed by atoms with Gasteiger partial charge in [0.1, 0.15) is 0 Å². The zero-order chi connectivity index (χ0) is 16.8. The molecule has 1 aromatic carbocycles. The Labute approximate surface area is 148 Å². The largest absolute Gasteiger partial charge is 0.380 e. The van der Waals surface area contributed by atoms with Gasteiger partial charge in [0, 0.05) is 41.3 Å². The monoisotopic (exact) mass is 358 g/mol. The van der Waals surface area contributed by atoms with E-state index >= 15 is 0 Å². The summed E-state index contributed by atoms with van der Waals surface area (Å²) < 4.78 is 0.535. The number of nitrogens with zero attached hydrogens (tertiary/aromatic N) is 2. The number of nitrogens with one attached hydrogen (secondary N) is 2. The molecule has 0 fully saturated rings. The van der Waals surface area contributed by atoms with Gasteiger partial charge in [0.05, 0.1) is 6.54 Å². The van der Waals surface area contributed by atoms with E-state index in [0.29, 0.717) is 23.1 Å². The van der Waals surface area contributed by atoms with Crippen LogP contribution in [0.3, 0.4) is 0 Å². The van der Waals surface area contributed by atoms with Crippen molar-refractivity contribution in [3.8, 4) is 0 Å². The van der Waals surface area contributed by atoms with Crippen molar-refractivity contribution in [2.24, 2.45) is 0 Å². The van der Waals surface area contributed by atoms with Crippen LogP contribution in [0.15, 0.2) is 55.0 Å². The van der Waals surface area contributed by atoms with Gasteiger partial charge in [-0.1, -0.05) is 17.7 Å². The number of pyridine rings is 1. The highest BCUT2D eigenvalue weighted by Crippen LogP contribution is 2.19. The molecule has 2 N–H and O–H groups in total. The molecule has 122 valence electrons. The van der Waals surface area contributed by atoms with Crippen LogP contribution < -0.4 is 10.6 Å². The molecule has 5 nitrogen and oxygen atoms in total. The molecule has 3 rings (SSSR count). The first-order valence-electron chi connectivity index (χ1n) is 7.32. The summed E-state index contributed by atoms with van der Waals surface area (Å²) >= 11 is 7.25. The van der Waals surface area contributed by atoms with E-state index in [2.05, 4.69) is 20.6 Å². The van der Waals surface area contributed by atoms with Crippen molar-refractivity contribution in [2.45, 2.75) is 13.1 Å². The summed E-state index contributed by atoms with van der Waals surface area (Å²) in [4.78, 5) is 21.2. The van der Waals surface area contributed by atoms with Gasteiger partial charge in [-0.25, -0.2) is 4.98 Å². The van der Waals surface area contributed by atoms with Crippen molar-refractivity contribution < 1.29 is 4.79 Å². The molecule has 0 atom stereocenters. The predicted octanol–water partition coefficient (Wildman–Crippen LogP) is 3.73. The molecule has 0 spiro atoms. The van der Waals surface area contributed by atoms with E-state index < -0.39 is 0 Å². The Morgan fingerprint density at radius 1 is 1.12 bits per heavy atom. The maximum absolute atomic E-state index is 12.1. The molecule has 0 aliphatic rings. The minimum Gasteiger partial charge on any atom is -0.380 e. The van der Waals surface area contributed by atoms with Crippen LogP contribution in [-0.2, 0) is 13.1 Å². The molecule has 0 unspecified atom stereocenters. The number of thiazole rings is 1. The van der Waals surface area contributed by atoms with Crippen LogP contribution in [0.5, 0.6) is 0 Å². The Balaban J connectivity index is 1.52. The van der Waals surface area contributed by atoms with Crippen LogP contribution in [0.2, 0.25) is 4.47 Å². The first-order chi connectivity index (χ1) is 11.7. The number of benzene rings is 1. The maximum atomic E-state index is 12.1. The minimum absolute atomic E-state index is 0.111. The zero-order valence-electron chi connectivity index (χ0n) is 12.7. The number of anilines is 1. The van der Waals surface area contributed by atoms with Gasteiger partial charge in [-0.05, 0) is 35.9 Å². The van der Waals surface area contributed by atoms with Gasteiger partial charge >= 0.3 is 0 Å². The number of hydrogen-bond acceptors (Lipinski definition) is 5. The van der Waals surface area contributed by atoms with Crippen molar-refractivity contribution in [2.75, 3.05) is 5.32 Å². The van der Waals surface area contributed by atoms with Crippen LogP contribution in [0, 0.1) is 0 Å². The first kappa shape index (κ1) is 16.4. The molecule has 0 bridgehead atoms. The Kier molecular flexibility index (Phi) is 5.40. The lowest BCUT2D eigenvalue weighted by Crippen LogP contribution is -2.22. The van der Waals surface area contributed by atoms with Crippen LogP contribution in [0.4, 0.5) is 5.69 Å². The van der Waals surface area contributed by atoms with E-state index in [-0.39, 0.29) is 5.91 Å². The standard InChI is InChI=1S/C17H15ClN4OS/c18-17-22-11-15(24-17)10-20-14-5-3-13(4-6-14)16(23)21-9-12-2-1-7-19-8-12/h1-8,11,20H,9-10H2,(H,21,23). The number of carbonyl (C=O) groups is 1. The van der Waals surface area contributed by atoms with Crippen molar-refractivity contribution in [3.63, 3.8) is 0 Å². The van der Waals surface area contributed by atoms with Gasteiger partial charge in [-0.2, -0.15) is 0 Å². The highest BCUT2D eigenvalue weighted by Gasteiger charge is 2.05. The quantitative estimate of drug-likeness (QED) is 0.704. The number of carbonyl (C=O) groups excluding carboxylic acids is 1. The van der Waals surface area contributed by atoms with Crippen molar-refractivity contribution >= 4 is 34.5 Å². The summed E-state index contributed by atoms with van der Waals surface area (Å²) in [5.74, 6) is -0.111. The second kappa shape index (κ2) is 7.90. The van der Waals surface area contributed by atoms with Crippen LogP contribution in [0.1, 0.15) is 20.8 Å². The average Bonchev–Trinajstić information content (AvgIpc) is 3.04. The van der Waals surface area contributed by atoms with Gasteiger partial charge < -0.3 is 10.6 Å². The number of aromatic nitrogens is 2. The smallest absolute Gasteiger partial charge is 0.251 e. The third kappa shape index (κ3) is 4.53. The third-order valence-electron chi connectivity index (χ3n) is 3.32. The second-order valence-corrected chi connectivity index (χ2v) is 6.75. The summed E-state index contributed by atoms with van der Waals surface area (Å²) in [5, 5.41) is 6.14. The van der Waals surface area contributed by atoms with Crippen LogP contribution in [0.25, 0.3) is 0 Å². The third-order valence-corrected chi connectivity index (χ3v) is 4.43. The summed E-state index contributed by atoms with van der Waals surface area (Å²) in [6.45, 7) is 1.11. The maximum Gasteiger partial charge on any atom is 0.251 e. The van der Waals surface area contributed by atoms with E-state index in [1.807, 2.05) is 24.3 Å². The normalized spacial score (nSPS) is 10.4. The van der Waals surface area contributed by atoms with Crippen molar-refractivity contribution in [3.05, 3.63) is 75.5 Å². The number of amides is 1. The Bertz CT molecular complexity index is 805. The van der Waals surface area contributed by atoms with E-state index in [0.717, 1.165) is 16.1 Å². The highest BCUT2D eigenvalue weighted by atomic mass is 35.5. The topological polar surface area (TPSA) is 66.9 Å². The molecule has 24 heavy (non-hydrogen) atoms. The summed E-state index contributed by atoms with van der Waals surface area (Å²) in [6, 6.07) is 11.1. The van der Waals surface area contributed by atoms with Gasteiger partial charge in [0.15, 0.2) is 4.47 Å². The Morgan fingerprint density at radius 3 is 2.62 bits per heavy atom. The average molecular weight is 359 g/mol. The van der Waals surface area contributed by atoms with E-state index in [4.69, 9.17) is 11.6 Å². The molecule has 0 saturated carbocycles.